The van der Waals surface area contributed by atoms with Crippen LogP contribution in [0.3, 0.4) is 0 Å². The molecule has 5 nitrogen and oxygen atoms in total. The molecule has 0 bridgehead atoms. The number of aromatic nitrogens is 3. The lowest BCUT2D eigenvalue weighted by molar-refractivity contribution is 0.0704. The lowest BCUT2D eigenvalue weighted by Crippen LogP contribution is -2.39. The highest BCUT2D eigenvalue weighted by Crippen LogP contribution is 2.29. The van der Waals surface area contributed by atoms with Gasteiger partial charge in [0.25, 0.3) is 5.91 Å². The number of aryl methyl sites for hydroxylation is 2. The van der Waals surface area contributed by atoms with Gasteiger partial charge in [-0.05, 0) is 44.9 Å². The first-order valence-electron chi connectivity index (χ1n) is 8.29. The fourth-order valence-corrected chi connectivity index (χ4v) is 4.44. The summed E-state index contributed by atoms with van der Waals surface area (Å²) in [6, 6.07) is 7.92. The molecule has 1 saturated heterocycles. The van der Waals surface area contributed by atoms with Crippen molar-refractivity contribution in [2.75, 3.05) is 13.1 Å². The molecule has 4 heterocycles. The number of amides is 1. The molecule has 1 aliphatic rings. The highest BCUT2D eigenvalue weighted by molar-refractivity contribution is 7.12. The van der Waals surface area contributed by atoms with Crippen LogP contribution >= 0.6 is 11.3 Å². The summed E-state index contributed by atoms with van der Waals surface area (Å²) in [6.07, 6.45) is 4.04. The SMILES string of the molecule is Cc1cc(C(=O)N2CCCC(c3nnc4ccccn34)C2)c(C)s1. The monoisotopic (exact) mass is 340 g/mol. The van der Waals surface area contributed by atoms with Crippen molar-refractivity contribution in [3.8, 4) is 0 Å². The smallest absolute Gasteiger partial charge is 0.255 e. The van der Waals surface area contributed by atoms with Gasteiger partial charge in [0.15, 0.2) is 5.65 Å². The molecule has 6 heteroatoms. The lowest BCUT2D eigenvalue weighted by Gasteiger charge is -2.32. The predicted octanol–water partition coefficient (Wildman–Crippen LogP) is 3.43. The largest absolute Gasteiger partial charge is 0.338 e. The van der Waals surface area contributed by atoms with Crippen LogP contribution in [0.15, 0.2) is 30.5 Å². The van der Waals surface area contributed by atoms with Gasteiger partial charge in [-0.2, -0.15) is 0 Å². The van der Waals surface area contributed by atoms with Crippen LogP contribution in [0.4, 0.5) is 0 Å². The molecule has 1 atom stereocenters. The summed E-state index contributed by atoms with van der Waals surface area (Å²) < 4.78 is 2.04. The van der Waals surface area contributed by atoms with Crippen molar-refractivity contribution in [3.63, 3.8) is 0 Å². The molecule has 0 aromatic carbocycles. The minimum atomic E-state index is 0.148. The maximum atomic E-state index is 12.9. The second kappa shape index (κ2) is 6.02. The maximum absolute atomic E-state index is 12.9. The Bertz CT molecular complexity index is 897. The molecular formula is C18H20N4OS. The molecule has 24 heavy (non-hydrogen) atoms. The van der Waals surface area contributed by atoms with E-state index in [1.54, 1.807) is 11.3 Å². The molecule has 1 aliphatic heterocycles. The number of rotatable bonds is 2. The third-order valence-electron chi connectivity index (χ3n) is 4.69. The molecular weight excluding hydrogens is 320 g/mol. The number of thiophene rings is 1. The molecule has 3 aromatic rings. The molecule has 1 amide bonds. The first-order valence-corrected chi connectivity index (χ1v) is 9.11. The Morgan fingerprint density at radius 2 is 2.17 bits per heavy atom. The van der Waals surface area contributed by atoms with E-state index >= 15 is 0 Å². The van der Waals surface area contributed by atoms with Gasteiger partial charge in [-0.15, -0.1) is 21.5 Å². The quantitative estimate of drug-likeness (QED) is 0.718. The highest BCUT2D eigenvalue weighted by atomic mass is 32.1. The van der Waals surface area contributed by atoms with Crippen molar-refractivity contribution in [2.24, 2.45) is 0 Å². The van der Waals surface area contributed by atoms with Crippen molar-refractivity contribution < 1.29 is 4.79 Å². The van der Waals surface area contributed by atoms with Gasteiger partial charge < -0.3 is 4.90 Å². The number of fused-ring (bicyclic) bond motifs is 1. The van der Waals surface area contributed by atoms with E-state index in [1.165, 1.54) is 4.88 Å². The zero-order valence-corrected chi connectivity index (χ0v) is 14.7. The van der Waals surface area contributed by atoms with E-state index in [0.29, 0.717) is 6.54 Å². The van der Waals surface area contributed by atoms with Gasteiger partial charge in [0.1, 0.15) is 5.82 Å². The summed E-state index contributed by atoms with van der Waals surface area (Å²) >= 11 is 1.69. The fourth-order valence-electron chi connectivity index (χ4n) is 3.52. The summed E-state index contributed by atoms with van der Waals surface area (Å²) in [5, 5.41) is 8.63. The molecule has 3 aromatic heterocycles. The number of hydrogen-bond donors (Lipinski definition) is 0. The molecule has 4 rings (SSSR count). The van der Waals surface area contributed by atoms with Crippen molar-refractivity contribution >= 4 is 22.9 Å². The number of pyridine rings is 1. The van der Waals surface area contributed by atoms with Crippen molar-refractivity contribution in [3.05, 3.63) is 51.6 Å². The first-order chi connectivity index (χ1) is 11.6. The second-order valence-electron chi connectivity index (χ2n) is 6.40. The second-order valence-corrected chi connectivity index (χ2v) is 7.86. The summed E-state index contributed by atoms with van der Waals surface area (Å²) in [5.41, 5.74) is 1.71. The number of likely N-dealkylation sites (tertiary alicyclic amines) is 1. The maximum Gasteiger partial charge on any atom is 0.255 e. The minimum Gasteiger partial charge on any atom is -0.338 e. The summed E-state index contributed by atoms with van der Waals surface area (Å²) in [7, 11) is 0. The highest BCUT2D eigenvalue weighted by Gasteiger charge is 2.29. The molecule has 124 valence electrons. The van der Waals surface area contributed by atoms with Crippen LogP contribution in [0.5, 0.6) is 0 Å². The first kappa shape index (κ1) is 15.3. The van der Waals surface area contributed by atoms with E-state index in [1.807, 2.05) is 46.7 Å². The van der Waals surface area contributed by atoms with E-state index < -0.39 is 0 Å². The molecule has 0 spiro atoms. The zero-order chi connectivity index (χ0) is 16.7. The number of piperidine rings is 1. The van der Waals surface area contributed by atoms with Gasteiger partial charge >= 0.3 is 0 Å². The van der Waals surface area contributed by atoms with Gasteiger partial charge in [0.05, 0.1) is 5.56 Å². The summed E-state index contributed by atoms with van der Waals surface area (Å²) in [4.78, 5) is 17.2. The number of nitrogens with zero attached hydrogens (tertiary/aromatic N) is 4. The molecule has 0 aliphatic carbocycles. The van der Waals surface area contributed by atoms with E-state index in [-0.39, 0.29) is 11.8 Å². The zero-order valence-electron chi connectivity index (χ0n) is 13.9. The molecule has 1 fully saturated rings. The van der Waals surface area contributed by atoms with Crippen LogP contribution in [0.2, 0.25) is 0 Å². The fraction of sp³-hybridized carbons (Fsp3) is 0.389. The molecule has 0 radical (unpaired) electrons. The normalized spacial score (nSPS) is 18.2. The van der Waals surface area contributed by atoms with Crippen LogP contribution in [-0.2, 0) is 0 Å². The average molecular weight is 340 g/mol. The van der Waals surface area contributed by atoms with E-state index in [0.717, 1.165) is 41.3 Å². The third kappa shape index (κ3) is 2.60. The topological polar surface area (TPSA) is 50.5 Å². The van der Waals surface area contributed by atoms with Gasteiger partial charge in [0, 0.05) is 35.0 Å². The van der Waals surface area contributed by atoms with Crippen LogP contribution in [-0.4, -0.2) is 38.5 Å². The number of hydrogen-bond acceptors (Lipinski definition) is 4. The van der Waals surface area contributed by atoms with Crippen molar-refractivity contribution in [1.82, 2.24) is 19.5 Å². The van der Waals surface area contributed by atoms with Crippen molar-refractivity contribution in [1.29, 1.82) is 0 Å². The number of carbonyl (C=O) groups is 1. The van der Waals surface area contributed by atoms with Crippen LogP contribution in [0.25, 0.3) is 5.65 Å². The van der Waals surface area contributed by atoms with Crippen LogP contribution < -0.4 is 0 Å². The molecule has 1 unspecified atom stereocenters. The Kier molecular flexibility index (Phi) is 3.84. The van der Waals surface area contributed by atoms with Gasteiger partial charge in [-0.3, -0.25) is 9.20 Å². The summed E-state index contributed by atoms with van der Waals surface area (Å²) in [6.45, 7) is 5.61. The number of carbonyl (C=O) groups excluding carboxylic acids is 1. The Morgan fingerprint density at radius 3 is 2.96 bits per heavy atom. The van der Waals surface area contributed by atoms with Crippen molar-refractivity contribution in [2.45, 2.75) is 32.6 Å². The Morgan fingerprint density at radius 1 is 1.29 bits per heavy atom. The molecule has 0 saturated carbocycles. The van der Waals surface area contributed by atoms with Gasteiger partial charge in [0.2, 0.25) is 0 Å². The standard InChI is InChI=1S/C18H20N4OS/c1-12-10-15(13(2)24-12)18(23)21-8-5-6-14(11-21)17-20-19-16-7-3-4-9-22(16)17/h3-4,7,9-10,14H,5-6,8,11H2,1-2H3. The van der Waals surface area contributed by atoms with Gasteiger partial charge in [-0.25, -0.2) is 0 Å². The Labute approximate surface area is 144 Å². The van der Waals surface area contributed by atoms with Crippen LogP contribution in [0.1, 0.15) is 44.7 Å². The predicted molar refractivity (Wildman–Crippen MR) is 94.7 cm³/mol. The van der Waals surface area contributed by atoms with Crippen LogP contribution in [0, 0.1) is 13.8 Å². The third-order valence-corrected chi connectivity index (χ3v) is 5.65. The Hall–Kier alpha value is -2.21. The van der Waals surface area contributed by atoms with E-state index in [9.17, 15) is 4.79 Å². The molecule has 0 N–H and O–H groups in total. The van der Waals surface area contributed by atoms with E-state index in [4.69, 9.17) is 0 Å². The minimum absolute atomic E-state index is 0.148. The lowest BCUT2D eigenvalue weighted by atomic mass is 9.96. The average Bonchev–Trinajstić information content (AvgIpc) is 3.17. The summed E-state index contributed by atoms with van der Waals surface area (Å²) in [5.74, 6) is 1.34. The van der Waals surface area contributed by atoms with Gasteiger partial charge in [-0.1, -0.05) is 6.07 Å². The Balaban J connectivity index is 1.60. The van der Waals surface area contributed by atoms with E-state index in [2.05, 4.69) is 17.1 Å².